The van der Waals surface area contributed by atoms with Crippen LogP contribution in [0.15, 0.2) is 4.99 Å². The first-order chi connectivity index (χ1) is 8.20. The summed E-state index contributed by atoms with van der Waals surface area (Å²) in [6.07, 6.45) is 9.42. The number of unbranched alkanes of at least 4 members (excludes halogenated alkanes) is 5. The van der Waals surface area contributed by atoms with Crippen molar-refractivity contribution < 1.29 is 9.90 Å². The molecule has 0 rings (SSSR count). The summed E-state index contributed by atoms with van der Waals surface area (Å²) in [7, 11) is 0. The molecule has 0 saturated carbocycles. The molecule has 0 unspecified atom stereocenters. The van der Waals surface area contributed by atoms with Crippen LogP contribution in [-0.4, -0.2) is 23.3 Å². The van der Waals surface area contributed by atoms with Gasteiger partial charge in [0.1, 0.15) is 0 Å². The van der Waals surface area contributed by atoms with E-state index in [1.807, 2.05) is 0 Å². The number of hydrogen-bond donors (Lipinski definition) is 1. The molecule has 0 aliphatic rings. The number of carbonyl (C=O) groups is 1. The highest BCUT2D eigenvalue weighted by Gasteiger charge is 2.03. The minimum atomic E-state index is -0.764. The average molecular weight is 241 g/mol. The maximum absolute atomic E-state index is 10.6. The van der Waals surface area contributed by atoms with Crippen molar-refractivity contribution in [2.75, 3.05) is 6.54 Å². The zero-order valence-electron chi connectivity index (χ0n) is 11.4. The van der Waals surface area contributed by atoms with Crippen molar-refractivity contribution in [3.63, 3.8) is 0 Å². The lowest BCUT2D eigenvalue weighted by Gasteiger charge is -2.03. The van der Waals surface area contributed by atoms with Crippen LogP contribution in [0.1, 0.15) is 71.6 Å². The van der Waals surface area contributed by atoms with Crippen molar-refractivity contribution in [1.29, 1.82) is 0 Å². The molecule has 0 aromatic heterocycles. The van der Waals surface area contributed by atoms with Crippen LogP contribution in [0.25, 0.3) is 0 Å². The van der Waals surface area contributed by atoms with Crippen molar-refractivity contribution in [2.24, 2.45) is 4.99 Å². The van der Waals surface area contributed by atoms with E-state index in [4.69, 9.17) is 5.11 Å². The molecular weight excluding hydrogens is 214 g/mol. The summed E-state index contributed by atoms with van der Waals surface area (Å²) < 4.78 is 0. The van der Waals surface area contributed by atoms with Gasteiger partial charge in [-0.1, -0.05) is 52.4 Å². The predicted octanol–water partition coefficient (Wildman–Crippen LogP) is 4.06. The molecule has 0 aliphatic heterocycles. The van der Waals surface area contributed by atoms with Gasteiger partial charge in [-0.25, -0.2) is 0 Å². The van der Waals surface area contributed by atoms with E-state index < -0.39 is 5.97 Å². The topological polar surface area (TPSA) is 49.7 Å². The van der Waals surface area contributed by atoms with Gasteiger partial charge in [-0.15, -0.1) is 0 Å². The lowest BCUT2D eigenvalue weighted by Crippen LogP contribution is -2.07. The second kappa shape index (κ2) is 11.6. The molecule has 100 valence electrons. The molecule has 0 radical (unpaired) electrons. The monoisotopic (exact) mass is 241 g/mol. The molecule has 0 fully saturated rings. The lowest BCUT2D eigenvalue weighted by molar-refractivity contribution is -0.135. The van der Waals surface area contributed by atoms with E-state index in [1.54, 1.807) is 0 Å². The summed E-state index contributed by atoms with van der Waals surface area (Å²) in [5, 5.41) is 8.73. The van der Waals surface area contributed by atoms with Crippen LogP contribution >= 0.6 is 0 Å². The molecule has 0 aliphatic carbocycles. The Kier molecular flexibility index (Phi) is 11.0. The SMILES string of the molecule is CCCCCCCCN=C(CCC)CC(=O)O. The van der Waals surface area contributed by atoms with Crippen LogP contribution in [0.5, 0.6) is 0 Å². The second-order valence-electron chi connectivity index (χ2n) is 4.54. The van der Waals surface area contributed by atoms with E-state index in [0.717, 1.165) is 31.5 Å². The second-order valence-corrected chi connectivity index (χ2v) is 4.54. The smallest absolute Gasteiger partial charge is 0.309 e. The molecule has 0 amide bonds. The third-order valence-corrected chi connectivity index (χ3v) is 2.74. The molecule has 3 nitrogen and oxygen atoms in total. The first-order valence-corrected chi connectivity index (χ1v) is 6.94. The molecular formula is C14H27NO2. The summed E-state index contributed by atoms with van der Waals surface area (Å²) >= 11 is 0. The Morgan fingerprint density at radius 3 is 2.24 bits per heavy atom. The molecule has 17 heavy (non-hydrogen) atoms. The number of hydrogen-bond acceptors (Lipinski definition) is 2. The molecule has 0 heterocycles. The largest absolute Gasteiger partial charge is 0.481 e. The summed E-state index contributed by atoms with van der Waals surface area (Å²) in [6.45, 7) is 5.07. The fraction of sp³-hybridized carbons (Fsp3) is 0.857. The van der Waals surface area contributed by atoms with Crippen LogP contribution in [0, 0.1) is 0 Å². The normalized spacial score (nSPS) is 11.8. The Hall–Kier alpha value is -0.860. The third-order valence-electron chi connectivity index (χ3n) is 2.74. The maximum atomic E-state index is 10.6. The summed E-state index contributed by atoms with van der Waals surface area (Å²) in [5.74, 6) is -0.764. The predicted molar refractivity (Wildman–Crippen MR) is 72.8 cm³/mol. The van der Waals surface area contributed by atoms with E-state index in [-0.39, 0.29) is 6.42 Å². The van der Waals surface area contributed by atoms with Crippen molar-refractivity contribution in [3.05, 3.63) is 0 Å². The van der Waals surface area contributed by atoms with Gasteiger partial charge in [-0.3, -0.25) is 9.79 Å². The molecule has 3 heteroatoms. The van der Waals surface area contributed by atoms with Gasteiger partial charge in [0, 0.05) is 12.3 Å². The van der Waals surface area contributed by atoms with Gasteiger partial charge < -0.3 is 5.11 Å². The first-order valence-electron chi connectivity index (χ1n) is 6.94. The summed E-state index contributed by atoms with van der Waals surface area (Å²) in [4.78, 5) is 15.0. The van der Waals surface area contributed by atoms with Crippen LogP contribution in [0.3, 0.4) is 0 Å². The Bertz CT molecular complexity index is 224. The third kappa shape index (κ3) is 11.4. The van der Waals surface area contributed by atoms with Crippen molar-refractivity contribution >= 4 is 11.7 Å². The average Bonchev–Trinajstić information content (AvgIpc) is 2.27. The summed E-state index contributed by atoms with van der Waals surface area (Å²) in [6, 6.07) is 0. The van der Waals surface area contributed by atoms with Gasteiger partial charge in [0.2, 0.25) is 0 Å². The molecule has 1 N–H and O–H groups in total. The van der Waals surface area contributed by atoms with Crippen LogP contribution in [0.2, 0.25) is 0 Å². The maximum Gasteiger partial charge on any atom is 0.309 e. The van der Waals surface area contributed by atoms with Crippen molar-refractivity contribution in [1.82, 2.24) is 0 Å². The van der Waals surface area contributed by atoms with Gasteiger partial charge >= 0.3 is 5.97 Å². The van der Waals surface area contributed by atoms with Crippen molar-refractivity contribution in [2.45, 2.75) is 71.6 Å². The number of rotatable bonds is 11. The zero-order valence-corrected chi connectivity index (χ0v) is 11.4. The number of nitrogens with zero attached hydrogens (tertiary/aromatic N) is 1. The van der Waals surface area contributed by atoms with Crippen LogP contribution in [-0.2, 0) is 4.79 Å². The van der Waals surface area contributed by atoms with Crippen molar-refractivity contribution in [3.8, 4) is 0 Å². The Morgan fingerprint density at radius 2 is 1.65 bits per heavy atom. The minimum absolute atomic E-state index is 0.115. The van der Waals surface area contributed by atoms with E-state index in [1.165, 1.54) is 32.1 Å². The fourth-order valence-electron chi connectivity index (χ4n) is 1.82. The number of aliphatic carboxylic acids is 1. The van der Waals surface area contributed by atoms with Gasteiger partial charge in [-0.2, -0.15) is 0 Å². The summed E-state index contributed by atoms with van der Waals surface area (Å²) in [5.41, 5.74) is 0.855. The Labute approximate surface area is 105 Å². The number of aliphatic imine (C=N–C) groups is 1. The molecule has 0 saturated heterocycles. The highest BCUT2D eigenvalue weighted by Crippen LogP contribution is 2.06. The van der Waals surface area contributed by atoms with Gasteiger partial charge in [0.15, 0.2) is 0 Å². The molecule has 0 aromatic rings. The number of carboxylic acid groups (broad SMARTS) is 1. The van der Waals surface area contributed by atoms with Gasteiger partial charge in [0.05, 0.1) is 6.42 Å². The molecule has 0 spiro atoms. The Morgan fingerprint density at radius 1 is 1.00 bits per heavy atom. The highest BCUT2D eigenvalue weighted by atomic mass is 16.4. The molecule has 0 aromatic carbocycles. The first kappa shape index (κ1) is 16.1. The quantitative estimate of drug-likeness (QED) is 0.438. The highest BCUT2D eigenvalue weighted by molar-refractivity contribution is 5.98. The van der Waals surface area contributed by atoms with Gasteiger partial charge in [0.25, 0.3) is 0 Å². The minimum Gasteiger partial charge on any atom is -0.481 e. The van der Waals surface area contributed by atoms with E-state index in [2.05, 4.69) is 18.8 Å². The fourth-order valence-corrected chi connectivity index (χ4v) is 1.82. The van der Waals surface area contributed by atoms with E-state index in [9.17, 15) is 4.79 Å². The molecule has 0 bridgehead atoms. The lowest BCUT2D eigenvalue weighted by atomic mass is 10.1. The zero-order chi connectivity index (χ0) is 12.9. The van der Waals surface area contributed by atoms with E-state index in [0.29, 0.717) is 0 Å². The number of carboxylic acids is 1. The van der Waals surface area contributed by atoms with Crippen LogP contribution < -0.4 is 0 Å². The Balaban J connectivity index is 3.65. The van der Waals surface area contributed by atoms with Crippen LogP contribution in [0.4, 0.5) is 0 Å². The van der Waals surface area contributed by atoms with Gasteiger partial charge in [-0.05, 0) is 12.8 Å². The molecule has 0 atom stereocenters. The standard InChI is InChI=1S/C14H27NO2/c1-3-5-6-7-8-9-11-15-13(10-4-2)12-14(16)17/h3-12H2,1-2H3,(H,16,17). The van der Waals surface area contributed by atoms with E-state index >= 15 is 0 Å².